The van der Waals surface area contributed by atoms with Crippen molar-refractivity contribution in [1.82, 2.24) is 9.97 Å². The third-order valence-corrected chi connectivity index (χ3v) is 6.86. The summed E-state index contributed by atoms with van der Waals surface area (Å²) in [5.41, 5.74) is -1.93. The third-order valence-electron chi connectivity index (χ3n) is 3.62. The number of sulfone groups is 1. The van der Waals surface area contributed by atoms with Crippen LogP contribution in [0.1, 0.15) is 28.2 Å². The largest absolute Gasteiger partial charge is 0.296 e. The zero-order valence-electron chi connectivity index (χ0n) is 14.3. The van der Waals surface area contributed by atoms with E-state index in [2.05, 4.69) is 15.3 Å². The maximum Gasteiger partial charge on any atom is 0.282 e. The van der Waals surface area contributed by atoms with E-state index < -0.39 is 60.2 Å². The number of pyridine rings is 1. The summed E-state index contributed by atoms with van der Waals surface area (Å²) in [7, 11) is -4.58. The van der Waals surface area contributed by atoms with Crippen LogP contribution < -0.4 is 5.32 Å². The molecule has 0 saturated heterocycles. The molecule has 12 heteroatoms. The van der Waals surface area contributed by atoms with Crippen LogP contribution in [0.5, 0.6) is 0 Å². The van der Waals surface area contributed by atoms with Crippen molar-refractivity contribution < 1.29 is 30.8 Å². The predicted molar refractivity (Wildman–Crippen MR) is 96.5 cm³/mol. The molecule has 0 bridgehead atoms. The van der Waals surface area contributed by atoms with Gasteiger partial charge in [-0.25, -0.2) is 31.0 Å². The molecule has 2 heterocycles. The van der Waals surface area contributed by atoms with Gasteiger partial charge in [-0.3, -0.25) is 15.1 Å². The Kier molecular flexibility index (Phi) is 5.94. The molecule has 0 fully saturated rings. The van der Waals surface area contributed by atoms with Crippen molar-refractivity contribution in [2.45, 2.75) is 16.4 Å². The van der Waals surface area contributed by atoms with Gasteiger partial charge in [0.2, 0.25) is 0 Å². The molecule has 6 nitrogen and oxygen atoms in total. The number of carbonyl (C=O) groups is 1. The number of aromatic nitrogens is 2. The third kappa shape index (κ3) is 4.59. The fraction of sp³-hybridized carbons (Fsp3) is 0.118. The number of hydrogen-bond donors (Lipinski definition) is 1. The van der Waals surface area contributed by atoms with Gasteiger partial charge in [-0.1, -0.05) is 23.5 Å². The molecule has 0 aliphatic carbocycles. The summed E-state index contributed by atoms with van der Waals surface area (Å²) in [4.78, 5) is 19.3. The van der Waals surface area contributed by atoms with Crippen molar-refractivity contribution in [3.05, 3.63) is 71.2 Å². The van der Waals surface area contributed by atoms with Gasteiger partial charge < -0.3 is 0 Å². The topological polar surface area (TPSA) is 89.0 Å². The molecule has 29 heavy (non-hydrogen) atoms. The smallest absolute Gasteiger partial charge is 0.282 e. The van der Waals surface area contributed by atoms with Crippen molar-refractivity contribution in [3.8, 4) is 0 Å². The molecular formula is C17H11F4N3O3S2. The first-order valence-corrected chi connectivity index (χ1v) is 10.3. The molecule has 3 rings (SSSR count). The monoisotopic (exact) mass is 445 g/mol. The van der Waals surface area contributed by atoms with Crippen LogP contribution in [0.15, 0.2) is 46.8 Å². The molecule has 2 aromatic heterocycles. The summed E-state index contributed by atoms with van der Waals surface area (Å²) in [6.07, 6.45) is -1.96. The van der Waals surface area contributed by atoms with Gasteiger partial charge in [0, 0.05) is 11.8 Å². The summed E-state index contributed by atoms with van der Waals surface area (Å²) < 4.78 is 78.5. The average Bonchev–Trinajstić information content (AvgIpc) is 3.11. The number of amides is 1. The van der Waals surface area contributed by atoms with E-state index in [1.165, 1.54) is 18.3 Å². The molecule has 1 amide bonds. The standard InChI is InChI=1S/C17H11F4N3O3S2/c18-10-4-3-5-11(19)9(10)8-29(26,27)16-13(14(20)21)23-17(28-16)24-15(25)12-6-1-2-7-22-12/h1-7,14H,8H2,(H,23,24,25). The fourth-order valence-corrected chi connectivity index (χ4v) is 5.18. The maximum atomic E-state index is 13.8. The Morgan fingerprint density at radius 2 is 1.79 bits per heavy atom. The summed E-state index contributed by atoms with van der Waals surface area (Å²) in [6, 6.07) is 7.19. The lowest BCUT2D eigenvalue weighted by molar-refractivity contribution is 0.102. The molecule has 0 saturated carbocycles. The summed E-state index contributed by atoms with van der Waals surface area (Å²) >= 11 is 0.265. The van der Waals surface area contributed by atoms with Crippen LogP contribution in [-0.4, -0.2) is 24.3 Å². The lowest BCUT2D eigenvalue weighted by atomic mass is 10.2. The van der Waals surface area contributed by atoms with Gasteiger partial charge >= 0.3 is 0 Å². The van der Waals surface area contributed by atoms with Crippen molar-refractivity contribution >= 4 is 32.2 Å². The highest BCUT2D eigenvalue weighted by Crippen LogP contribution is 2.36. The predicted octanol–water partition coefficient (Wildman–Crippen LogP) is 3.98. The number of benzene rings is 1. The van der Waals surface area contributed by atoms with Gasteiger partial charge in [0.25, 0.3) is 12.3 Å². The van der Waals surface area contributed by atoms with E-state index >= 15 is 0 Å². The molecule has 3 aromatic rings. The molecule has 0 aliphatic heterocycles. The molecule has 1 N–H and O–H groups in total. The van der Waals surface area contributed by atoms with Crippen molar-refractivity contribution in [2.75, 3.05) is 5.32 Å². The van der Waals surface area contributed by atoms with Crippen molar-refractivity contribution in [1.29, 1.82) is 0 Å². The Morgan fingerprint density at radius 1 is 1.10 bits per heavy atom. The highest BCUT2D eigenvalue weighted by atomic mass is 32.2. The highest BCUT2D eigenvalue weighted by molar-refractivity contribution is 7.92. The van der Waals surface area contributed by atoms with Crippen LogP contribution in [0.2, 0.25) is 0 Å². The molecule has 0 aliphatic rings. The Balaban J connectivity index is 1.95. The minimum absolute atomic E-state index is 0.0425. The van der Waals surface area contributed by atoms with E-state index in [9.17, 15) is 30.8 Å². The molecule has 152 valence electrons. The number of nitrogens with zero attached hydrogens (tertiary/aromatic N) is 2. The molecule has 0 unspecified atom stereocenters. The van der Waals surface area contributed by atoms with Crippen molar-refractivity contribution in [2.24, 2.45) is 0 Å². The average molecular weight is 445 g/mol. The Hall–Kier alpha value is -2.86. The first kappa shape index (κ1) is 20.9. The number of carbonyl (C=O) groups excluding carboxylic acids is 1. The van der Waals surface area contributed by atoms with E-state index in [-0.39, 0.29) is 17.0 Å². The van der Waals surface area contributed by atoms with Crippen LogP contribution >= 0.6 is 11.3 Å². The van der Waals surface area contributed by atoms with E-state index in [0.717, 1.165) is 18.2 Å². The SMILES string of the molecule is O=C(Nc1nc(C(F)F)c(S(=O)(=O)Cc2c(F)cccc2F)s1)c1ccccn1. The quantitative estimate of drug-likeness (QED) is 0.580. The zero-order valence-corrected chi connectivity index (χ0v) is 15.9. The van der Waals surface area contributed by atoms with Crippen LogP contribution in [0.25, 0.3) is 0 Å². The number of halogens is 4. The molecule has 0 radical (unpaired) electrons. The van der Waals surface area contributed by atoms with Gasteiger partial charge in [-0.15, -0.1) is 0 Å². The number of thiazole rings is 1. The molecule has 0 spiro atoms. The zero-order chi connectivity index (χ0) is 21.2. The maximum absolute atomic E-state index is 13.8. The normalized spacial score (nSPS) is 11.6. The Bertz CT molecular complexity index is 1130. The van der Waals surface area contributed by atoms with Crippen LogP contribution in [0, 0.1) is 11.6 Å². The van der Waals surface area contributed by atoms with Crippen LogP contribution in [0.3, 0.4) is 0 Å². The lowest BCUT2D eigenvalue weighted by Gasteiger charge is -2.06. The number of hydrogen-bond acceptors (Lipinski definition) is 6. The van der Waals surface area contributed by atoms with Crippen molar-refractivity contribution in [3.63, 3.8) is 0 Å². The van der Waals surface area contributed by atoms with E-state index in [1.54, 1.807) is 6.07 Å². The second-order valence-corrected chi connectivity index (χ2v) is 8.80. The second kappa shape index (κ2) is 8.25. The van der Waals surface area contributed by atoms with E-state index in [4.69, 9.17) is 0 Å². The number of rotatable bonds is 6. The van der Waals surface area contributed by atoms with Gasteiger partial charge in [0.05, 0.1) is 5.75 Å². The minimum Gasteiger partial charge on any atom is -0.296 e. The number of anilines is 1. The molecule has 1 aromatic carbocycles. The van der Waals surface area contributed by atoms with Gasteiger partial charge in [0.15, 0.2) is 19.2 Å². The Labute approximate surface area is 166 Å². The van der Waals surface area contributed by atoms with E-state index in [1.807, 2.05) is 0 Å². The molecular weight excluding hydrogens is 434 g/mol. The van der Waals surface area contributed by atoms with Crippen LogP contribution in [-0.2, 0) is 15.6 Å². The van der Waals surface area contributed by atoms with Gasteiger partial charge in [-0.2, -0.15) is 0 Å². The van der Waals surface area contributed by atoms with E-state index in [0.29, 0.717) is 0 Å². The van der Waals surface area contributed by atoms with Crippen LogP contribution in [0.4, 0.5) is 22.7 Å². The Morgan fingerprint density at radius 3 is 2.38 bits per heavy atom. The van der Waals surface area contributed by atoms with Gasteiger partial charge in [-0.05, 0) is 24.3 Å². The number of alkyl halides is 2. The summed E-state index contributed by atoms with van der Waals surface area (Å²) in [6.45, 7) is 0. The molecule has 0 atom stereocenters. The highest BCUT2D eigenvalue weighted by Gasteiger charge is 2.31. The minimum atomic E-state index is -4.58. The van der Waals surface area contributed by atoms with Gasteiger partial charge in [0.1, 0.15) is 23.0 Å². The second-order valence-electron chi connectivity index (χ2n) is 5.62. The summed E-state index contributed by atoms with van der Waals surface area (Å²) in [5.74, 6) is -4.22. The first-order chi connectivity index (χ1) is 13.7. The number of nitrogens with one attached hydrogen (secondary N) is 1. The fourth-order valence-electron chi connectivity index (χ4n) is 2.32. The summed E-state index contributed by atoms with van der Waals surface area (Å²) in [5, 5.41) is 1.78. The lowest BCUT2D eigenvalue weighted by Crippen LogP contribution is -2.13. The first-order valence-electron chi connectivity index (χ1n) is 7.86.